The van der Waals surface area contributed by atoms with Gasteiger partial charge in [0, 0.05) is 49.8 Å². The molecule has 5 heterocycles. The van der Waals surface area contributed by atoms with Crippen LogP contribution in [-0.2, 0) is 13.1 Å². The van der Waals surface area contributed by atoms with E-state index in [1.165, 1.54) is 6.07 Å². The molecule has 4 aromatic rings. The van der Waals surface area contributed by atoms with E-state index in [2.05, 4.69) is 19.8 Å². The molecule has 0 radical (unpaired) electrons. The number of aromatic nitrogens is 3. The van der Waals surface area contributed by atoms with Gasteiger partial charge in [-0.1, -0.05) is 0 Å². The van der Waals surface area contributed by atoms with Gasteiger partial charge in [0.1, 0.15) is 5.82 Å². The minimum Gasteiger partial charge on any atom is -0.468 e. The number of rotatable bonds is 5. The number of benzene rings is 1. The van der Waals surface area contributed by atoms with Crippen molar-refractivity contribution in [3.8, 4) is 5.75 Å². The highest BCUT2D eigenvalue weighted by Crippen LogP contribution is 2.36. The summed E-state index contributed by atoms with van der Waals surface area (Å²) in [6, 6.07) is 10.1. The van der Waals surface area contributed by atoms with E-state index in [1.54, 1.807) is 29.2 Å². The molecule has 6 rings (SSSR count). The van der Waals surface area contributed by atoms with Crippen molar-refractivity contribution in [2.45, 2.75) is 45.1 Å². The van der Waals surface area contributed by atoms with Crippen LogP contribution in [0.1, 0.15) is 24.1 Å². The third kappa shape index (κ3) is 4.45. The Hall–Kier alpha value is -4.05. The van der Waals surface area contributed by atoms with Crippen LogP contribution in [0.15, 0.2) is 59.8 Å². The number of aryl methyl sites for hydroxylation is 1. The van der Waals surface area contributed by atoms with Crippen molar-refractivity contribution < 1.29 is 13.5 Å². The fourth-order valence-corrected chi connectivity index (χ4v) is 5.59. The molecule has 1 fully saturated rings. The average molecular weight is 519 g/mol. The van der Waals surface area contributed by atoms with Crippen LogP contribution in [0.2, 0.25) is 0 Å². The molecule has 2 N–H and O–H groups in total. The summed E-state index contributed by atoms with van der Waals surface area (Å²) >= 11 is 0. The van der Waals surface area contributed by atoms with Crippen LogP contribution < -0.4 is 20.8 Å². The molecule has 0 saturated carbocycles. The van der Waals surface area contributed by atoms with Gasteiger partial charge in [-0.25, -0.2) is 9.37 Å². The number of piperidine rings is 1. The van der Waals surface area contributed by atoms with E-state index < -0.39 is 17.9 Å². The van der Waals surface area contributed by atoms with E-state index >= 15 is 4.39 Å². The Kier molecular flexibility index (Phi) is 6.19. The normalized spacial score (nSPS) is 19.1. The van der Waals surface area contributed by atoms with Crippen LogP contribution in [0, 0.1) is 18.6 Å². The van der Waals surface area contributed by atoms with Gasteiger partial charge >= 0.3 is 0 Å². The number of pyridine rings is 3. The molecule has 0 bridgehead atoms. The van der Waals surface area contributed by atoms with Crippen molar-refractivity contribution in [3.05, 3.63) is 88.1 Å². The van der Waals surface area contributed by atoms with Gasteiger partial charge in [0.15, 0.2) is 23.2 Å². The quantitative estimate of drug-likeness (QED) is 0.429. The molecule has 10 heteroatoms. The van der Waals surface area contributed by atoms with Crippen LogP contribution in [0.5, 0.6) is 5.75 Å². The van der Waals surface area contributed by atoms with E-state index in [9.17, 15) is 9.18 Å². The molecule has 1 aromatic carbocycles. The Morgan fingerprint density at radius 1 is 1.16 bits per heavy atom. The van der Waals surface area contributed by atoms with Gasteiger partial charge in [-0.2, -0.15) is 4.39 Å². The standard InChI is InChI=1S/C28H28F2N6O2/c1-17-11-18(6-8-32-17)14-36(20-3-2-9-34(15-20)19-4-5-24(31)33-13-19)25-16-35-10-7-23(37)21-12-22(29)26(30)28(38-25)27(21)35/h4-8,10-13,20,25H,2-3,9,14-16H2,1H3,(H2,31,33). The summed E-state index contributed by atoms with van der Waals surface area (Å²) in [7, 11) is 0. The lowest BCUT2D eigenvalue weighted by atomic mass is 10.0. The van der Waals surface area contributed by atoms with Gasteiger partial charge in [-0.15, -0.1) is 0 Å². The molecule has 2 atom stereocenters. The van der Waals surface area contributed by atoms with Crippen molar-refractivity contribution in [2.75, 3.05) is 23.7 Å². The van der Waals surface area contributed by atoms with Gasteiger partial charge in [0.05, 0.1) is 29.3 Å². The number of nitrogens with two attached hydrogens (primary N) is 1. The van der Waals surface area contributed by atoms with E-state index in [4.69, 9.17) is 10.5 Å². The molecule has 2 aliphatic heterocycles. The van der Waals surface area contributed by atoms with Gasteiger partial charge in [-0.05, 0) is 55.7 Å². The molecular weight excluding hydrogens is 490 g/mol. The number of halogens is 2. The number of hydrogen-bond acceptors (Lipinski definition) is 7. The molecule has 38 heavy (non-hydrogen) atoms. The molecular formula is C28H28F2N6O2. The summed E-state index contributed by atoms with van der Waals surface area (Å²) in [5.74, 6) is -1.94. The van der Waals surface area contributed by atoms with Crippen molar-refractivity contribution >= 4 is 22.4 Å². The van der Waals surface area contributed by atoms with Crippen LogP contribution in [0.3, 0.4) is 0 Å². The predicted octanol–water partition coefficient (Wildman–Crippen LogP) is 3.85. The van der Waals surface area contributed by atoms with E-state index in [0.29, 0.717) is 25.5 Å². The molecule has 1 saturated heterocycles. The highest BCUT2D eigenvalue weighted by molar-refractivity contribution is 5.85. The molecule has 2 aliphatic rings. The third-order valence-electron chi connectivity index (χ3n) is 7.41. The molecule has 3 aromatic heterocycles. The SMILES string of the molecule is Cc1cc(CN(C2CCCN(c3ccc(N)nc3)C2)C2Cn3ccc(=O)c4cc(F)c(F)c(c43)O2)ccn1. The zero-order valence-corrected chi connectivity index (χ0v) is 21.0. The molecule has 196 valence electrons. The second-order valence-electron chi connectivity index (χ2n) is 9.96. The summed E-state index contributed by atoms with van der Waals surface area (Å²) < 4.78 is 37.6. The molecule has 8 nitrogen and oxygen atoms in total. The lowest BCUT2D eigenvalue weighted by Crippen LogP contribution is -2.55. The number of nitrogen functional groups attached to an aromatic ring is 1. The summed E-state index contributed by atoms with van der Waals surface area (Å²) in [5, 5.41) is 0.107. The Bertz CT molecular complexity index is 1560. The molecule has 0 aliphatic carbocycles. The van der Waals surface area contributed by atoms with Crippen molar-refractivity contribution in [2.24, 2.45) is 0 Å². The van der Waals surface area contributed by atoms with Crippen LogP contribution >= 0.6 is 0 Å². The number of anilines is 2. The third-order valence-corrected chi connectivity index (χ3v) is 7.41. The Labute approximate surface area is 218 Å². The predicted molar refractivity (Wildman–Crippen MR) is 141 cm³/mol. The van der Waals surface area contributed by atoms with E-state index in [1.807, 2.05) is 25.1 Å². The van der Waals surface area contributed by atoms with Crippen LogP contribution in [-0.4, -0.2) is 44.8 Å². The topological polar surface area (TPSA) is 89.5 Å². The maximum Gasteiger partial charge on any atom is 0.202 e. The summed E-state index contributed by atoms with van der Waals surface area (Å²) in [5.41, 5.74) is 8.62. The van der Waals surface area contributed by atoms with Gasteiger partial charge in [0.2, 0.25) is 5.82 Å². The lowest BCUT2D eigenvalue weighted by Gasteiger charge is -2.44. The minimum absolute atomic E-state index is 0.0489. The summed E-state index contributed by atoms with van der Waals surface area (Å²) in [6.45, 7) is 4.40. The highest BCUT2D eigenvalue weighted by Gasteiger charge is 2.36. The first-order valence-electron chi connectivity index (χ1n) is 12.7. The minimum atomic E-state index is -1.10. The molecule has 2 unspecified atom stereocenters. The molecule has 0 amide bonds. The number of ether oxygens (including phenoxy) is 1. The van der Waals surface area contributed by atoms with Crippen molar-refractivity contribution in [3.63, 3.8) is 0 Å². The largest absolute Gasteiger partial charge is 0.468 e. The van der Waals surface area contributed by atoms with E-state index in [0.717, 1.165) is 42.4 Å². The zero-order chi connectivity index (χ0) is 26.4. The van der Waals surface area contributed by atoms with Gasteiger partial charge < -0.3 is 19.9 Å². The number of hydrogen-bond donors (Lipinski definition) is 1. The maximum atomic E-state index is 15.1. The zero-order valence-electron chi connectivity index (χ0n) is 21.0. The van der Waals surface area contributed by atoms with Gasteiger partial charge in [0.25, 0.3) is 0 Å². The fraction of sp³-hybridized carbons (Fsp3) is 0.321. The monoisotopic (exact) mass is 518 g/mol. The van der Waals surface area contributed by atoms with E-state index in [-0.39, 0.29) is 28.1 Å². The second-order valence-corrected chi connectivity index (χ2v) is 9.96. The smallest absolute Gasteiger partial charge is 0.202 e. The number of nitrogens with zero attached hydrogens (tertiary/aromatic N) is 5. The second kappa shape index (κ2) is 9.68. The van der Waals surface area contributed by atoms with Crippen molar-refractivity contribution in [1.82, 2.24) is 19.4 Å². The van der Waals surface area contributed by atoms with Gasteiger partial charge in [-0.3, -0.25) is 14.7 Å². The molecule has 0 spiro atoms. The van der Waals surface area contributed by atoms with Crippen LogP contribution in [0.25, 0.3) is 10.9 Å². The first-order valence-corrected chi connectivity index (χ1v) is 12.7. The Morgan fingerprint density at radius 2 is 2.03 bits per heavy atom. The van der Waals surface area contributed by atoms with Crippen LogP contribution in [0.4, 0.5) is 20.3 Å². The lowest BCUT2D eigenvalue weighted by molar-refractivity contribution is -0.0335. The Morgan fingerprint density at radius 3 is 2.82 bits per heavy atom. The average Bonchev–Trinajstić information content (AvgIpc) is 2.92. The summed E-state index contributed by atoms with van der Waals surface area (Å²) in [4.78, 5) is 25.5. The Balaban J connectivity index is 1.38. The fourth-order valence-electron chi connectivity index (χ4n) is 5.59. The maximum absolute atomic E-state index is 15.1. The first-order chi connectivity index (χ1) is 18.4. The first kappa shape index (κ1) is 24.3. The van der Waals surface area contributed by atoms with Crippen molar-refractivity contribution in [1.29, 1.82) is 0 Å². The summed E-state index contributed by atoms with van der Waals surface area (Å²) in [6.07, 6.45) is 6.43. The highest BCUT2D eigenvalue weighted by atomic mass is 19.2.